The molecule has 0 spiro atoms. The van der Waals surface area contributed by atoms with Gasteiger partial charge in [-0.1, -0.05) is 12.1 Å². The van der Waals surface area contributed by atoms with Gasteiger partial charge in [-0.25, -0.2) is 0 Å². The standard InChI is InChI=1S/C14H16N2O/c1-9-4-5-10(2)13-11(9)8-12(15-13)14(17)16-6-3-7-16/h4-5,8,15H,3,6-7H2,1-2H3. The van der Waals surface area contributed by atoms with Crippen LogP contribution in [0.1, 0.15) is 28.0 Å². The SMILES string of the molecule is Cc1ccc(C)c2[nH]c(C(=O)N3CCC3)cc12. The minimum Gasteiger partial charge on any atom is -0.350 e. The molecule has 3 nitrogen and oxygen atoms in total. The first-order chi connectivity index (χ1) is 8.16. The largest absolute Gasteiger partial charge is 0.350 e. The summed E-state index contributed by atoms with van der Waals surface area (Å²) in [7, 11) is 0. The second kappa shape index (κ2) is 3.62. The number of rotatable bonds is 1. The number of hydrogen-bond donors (Lipinski definition) is 1. The molecular formula is C14H16N2O. The zero-order valence-electron chi connectivity index (χ0n) is 10.2. The van der Waals surface area contributed by atoms with Crippen molar-refractivity contribution in [1.29, 1.82) is 0 Å². The number of nitrogens with one attached hydrogen (secondary N) is 1. The van der Waals surface area contributed by atoms with Crippen LogP contribution in [0.5, 0.6) is 0 Å². The normalized spacial score (nSPS) is 15.1. The lowest BCUT2D eigenvalue weighted by molar-refractivity contribution is 0.0646. The molecule has 1 amide bonds. The van der Waals surface area contributed by atoms with Crippen molar-refractivity contribution in [1.82, 2.24) is 9.88 Å². The van der Waals surface area contributed by atoms with Crippen molar-refractivity contribution in [2.75, 3.05) is 13.1 Å². The van der Waals surface area contributed by atoms with Gasteiger partial charge in [0.2, 0.25) is 0 Å². The Hall–Kier alpha value is -1.77. The van der Waals surface area contributed by atoms with Gasteiger partial charge in [-0.2, -0.15) is 0 Å². The third kappa shape index (κ3) is 1.54. The zero-order valence-corrected chi connectivity index (χ0v) is 10.2. The molecule has 3 rings (SSSR count). The zero-order chi connectivity index (χ0) is 12.0. The van der Waals surface area contributed by atoms with Crippen molar-refractivity contribution in [3.8, 4) is 0 Å². The number of aromatic amines is 1. The smallest absolute Gasteiger partial charge is 0.270 e. The van der Waals surface area contributed by atoms with Gasteiger partial charge >= 0.3 is 0 Å². The number of H-pyrrole nitrogens is 1. The van der Waals surface area contributed by atoms with Gasteiger partial charge in [-0.3, -0.25) is 4.79 Å². The van der Waals surface area contributed by atoms with Crippen LogP contribution in [0, 0.1) is 13.8 Å². The summed E-state index contributed by atoms with van der Waals surface area (Å²) in [5, 5.41) is 1.16. The molecule has 1 saturated heterocycles. The van der Waals surface area contributed by atoms with Crippen molar-refractivity contribution >= 4 is 16.8 Å². The van der Waals surface area contributed by atoms with Crippen LogP contribution in [0.25, 0.3) is 10.9 Å². The molecule has 0 aliphatic carbocycles. The number of fused-ring (bicyclic) bond motifs is 1. The fourth-order valence-electron chi connectivity index (χ4n) is 2.30. The van der Waals surface area contributed by atoms with Crippen LogP contribution in [-0.4, -0.2) is 28.9 Å². The van der Waals surface area contributed by atoms with E-state index in [1.165, 1.54) is 11.1 Å². The fourth-order valence-corrected chi connectivity index (χ4v) is 2.30. The number of amides is 1. The second-order valence-electron chi connectivity index (χ2n) is 4.82. The van der Waals surface area contributed by atoms with E-state index in [2.05, 4.69) is 31.0 Å². The van der Waals surface area contributed by atoms with Gasteiger partial charge in [0.05, 0.1) is 0 Å². The third-order valence-electron chi connectivity index (χ3n) is 3.59. The van der Waals surface area contributed by atoms with Gasteiger partial charge in [-0.05, 0) is 37.5 Å². The maximum Gasteiger partial charge on any atom is 0.270 e. The van der Waals surface area contributed by atoms with Gasteiger partial charge in [0.15, 0.2) is 0 Å². The van der Waals surface area contributed by atoms with Crippen molar-refractivity contribution in [2.24, 2.45) is 0 Å². The monoisotopic (exact) mass is 228 g/mol. The molecule has 3 heteroatoms. The molecule has 2 aromatic rings. The molecular weight excluding hydrogens is 212 g/mol. The quantitative estimate of drug-likeness (QED) is 0.800. The molecule has 88 valence electrons. The first kappa shape index (κ1) is 10.4. The highest BCUT2D eigenvalue weighted by Gasteiger charge is 2.23. The van der Waals surface area contributed by atoms with Crippen LogP contribution in [-0.2, 0) is 0 Å². The van der Waals surface area contributed by atoms with E-state index >= 15 is 0 Å². The summed E-state index contributed by atoms with van der Waals surface area (Å²) >= 11 is 0. The van der Waals surface area contributed by atoms with E-state index < -0.39 is 0 Å². The van der Waals surface area contributed by atoms with E-state index in [0.29, 0.717) is 0 Å². The average Bonchev–Trinajstić information content (AvgIpc) is 2.67. The molecule has 0 radical (unpaired) electrons. The molecule has 1 aliphatic rings. The van der Waals surface area contributed by atoms with Gasteiger partial charge in [0.1, 0.15) is 5.69 Å². The van der Waals surface area contributed by atoms with Crippen LogP contribution in [0.15, 0.2) is 18.2 Å². The molecule has 0 saturated carbocycles. The van der Waals surface area contributed by atoms with E-state index in [9.17, 15) is 4.79 Å². The number of nitrogens with zero attached hydrogens (tertiary/aromatic N) is 1. The van der Waals surface area contributed by atoms with Crippen LogP contribution in [0.4, 0.5) is 0 Å². The predicted octanol–water partition coefficient (Wildman–Crippen LogP) is 2.63. The summed E-state index contributed by atoms with van der Waals surface area (Å²) in [6.07, 6.45) is 1.13. The number of carbonyl (C=O) groups excluding carboxylic acids is 1. The van der Waals surface area contributed by atoms with Crippen molar-refractivity contribution < 1.29 is 4.79 Å². The Bertz CT molecular complexity index is 555. The Morgan fingerprint density at radius 1 is 1.24 bits per heavy atom. The summed E-state index contributed by atoms with van der Waals surface area (Å²) in [6.45, 7) is 5.93. The Morgan fingerprint density at radius 2 is 1.94 bits per heavy atom. The van der Waals surface area contributed by atoms with E-state index in [-0.39, 0.29) is 5.91 Å². The van der Waals surface area contributed by atoms with Gasteiger partial charge < -0.3 is 9.88 Å². The van der Waals surface area contributed by atoms with Gasteiger partial charge in [0, 0.05) is 24.0 Å². The maximum absolute atomic E-state index is 12.1. The summed E-state index contributed by atoms with van der Waals surface area (Å²) in [5.74, 6) is 0.131. The molecule has 1 N–H and O–H groups in total. The average molecular weight is 228 g/mol. The Balaban J connectivity index is 2.09. The number of carbonyl (C=O) groups is 1. The summed E-state index contributed by atoms with van der Waals surface area (Å²) in [5.41, 5.74) is 4.21. The highest BCUT2D eigenvalue weighted by atomic mass is 16.2. The molecule has 1 aromatic carbocycles. The second-order valence-corrected chi connectivity index (χ2v) is 4.82. The molecule has 2 heterocycles. The Labute approximate surface area is 100 Å². The molecule has 1 aromatic heterocycles. The summed E-state index contributed by atoms with van der Waals surface area (Å²) < 4.78 is 0. The van der Waals surface area contributed by atoms with Crippen molar-refractivity contribution in [3.63, 3.8) is 0 Å². The maximum atomic E-state index is 12.1. The van der Waals surface area contributed by atoms with E-state index in [4.69, 9.17) is 0 Å². The number of aromatic nitrogens is 1. The Kier molecular flexibility index (Phi) is 2.21. The lowest BCUT2D eigenvalue weighted by Crippen LogP contribution is -2.42. The minimum absolute atomic E-state index is 0.131. The van der Waals surface area contributed by atoms with Gasteiger partial charge in [-0.15, -0.1) is 0 Å². The number of hydrogen-bond acceptors (Lipinski definition) is 1. The van der Waals surface area contributed by atoms with E-state index in [1.807, 2.05) is 11.0 Å². The number of aryl methyl sites for hydroxylation is 2. The lowest BCUT2D eigenvalue weighted by atomic mass is 10.1. The molecule has 1 aliphatic heterocycles. The molecule has 17 heavy (non-hydrogen) atoms. The Morgan fingerprint density at radius 3 is 2.53 bits per heavy atom. The van der Waals surface area contributed by atoms with Crippen LogP contribution >= 0.6 is 0 Å². The topological polar surface area (TPSA) is 36.1 Å². The van der Waals surface area contributed by atoms with E-state index in [0.717, 1.165) is 36.1 Å². The summed E-state index contributed by atoms with van der Waals surface area (Å²) in [4.78, 5) is 17.3. The van der Waals surface area contributed by atoms with E-state index in [1.54, 1.807) is 0 Å². The summed E-state index contributed by atoms with van der Waals surface area (Å²) in [6, 6.07) is 6.17. The molecule has 0 unspecified atom stereocenters. The molecule has 0 atom stereocenters. The van der Waals surface area contributed by atoms with Crippen LogP contribution < -0.4 is 0 Å². The van der Waals surface area contributed by atoms with Crippen molar-refractivity contribution in [3.05, 3.63) is 35.0 Å². The molecule has 0 bridgehead atoms. The highest BCUT2D eigenvalue weighted by molar-refractivity contribution is 5.99. The lowest BCUT2D eigenvalue weighted by Gasteiger charge is -2.30. The number of benzene rings is 1. The van der Waals surface area contributed by atoms with Crippen molar-refractivity contribution in [2.45, 2.75) is 20.3 Å². The fraction of sp³-hybridized carbons (Fsp3) is 0.357. The van der Waals surface area contributed by atoms with Gasteiger partial charge in [0.25, 0.3) is 5.91 Å². The highest BCUT2D eigenvalue weighted by Crippen LogP contribution is 2.24. The minimum atomic E-state index is 0.131. The van der Waals surface area contributed by atoms with Crippen LogP contribution in [0.2, 0.25) is 0 Å². The molecule has 1 fully saturated rings. The first-order valence-corrected chi connectivity index (χ1v) is 6.05. The third-order valence-corrected chi connectivity index (χ3v) is 3.59. The van der Waals surface area contributed by atoms with Crippen LogP contribution in [0.3, 0.4) is 0 Å². The predicted molar refractivity (Wildman–Crippen MR) is 68.3 cm³/mol. The first-order valence-electron chi connectivity index (χ1n) is 6.05. The number of likely N-dealkylation sites (tertiary alicyclic amines) is 1.